The van der Waals surface area contributed by atoms with Gasteiger partial charge in [-0.3, -0.25) is 14.9 Å². The largest absolute Gasteiger partial charge is 0.444 e. The Bertz CT molecular complexity index is 1280. The topological polar surface area (TPSA) is 117 Å². The predicted octanol–water partition coefficient (Wildman–Crippen LogP) is 3.94. The summed E-state index contributed by atoms with van der Waals surface area (Å²) in [6, 6.07) is 5.72. The maximum atomic E-state index is 13.5. The number of aliphatic hydroxyl groups is 1. The Morgan fingerprint density at radius 2 is 2.03 bits per heavy atom. The molecule has 1 aromatic carbocycles. The van der Waals surface area contributed by atoms with Crippen molar-refractivity contribution < 1.29 is 27.5 Å². The van der Waals surface area contributed by atoms with E-state index >= 15 is 0 Å². The number of hydrogen-bond acceptors (Lipinski definition) is 6. The van der Waals surface area contributed by atoms with E-state index in [1.54, 1.807) is 25.3 Å². The number of fused-ring (bicyclic) bond motifs is 1. The number of nitrogens with zero attached hydrogens (tertiary/aromatic N) is 3. The van der Waals surface area contributed by atoms with E-state index in [2.05, 4.69) is 25.5 Å². The first-order chi connectivity index (χ1) is 14.6. The fourth-order valence-electron chi connectivity index (χ4n) is 3.02. The molecule has 1 amide bonds. The number of carbonyl (C=O) groups excluding carboxylic acids is 1. The summed E-state index contributed by atoms with van der Waals surface area (Å²) < 4.78 is 45.8. The van der Waals surface area contributed by atoms with Crippen molar-refractivity contribution in [2.75, 3.05) is 5.32 Å². The van der Waals surface area contributed by atoms with Gasteiger partial charge in [0.15, 0.2) is 11.3 Å². The molecule has 0 aliphatic rings. The number of halogens is 3. The fourth-order valence-corrected chi connectivity index (χ4v) is 3.02. The van der Waals surface area contributed by atoms with Crippen molar-refractivity contribution in [1.29, 1.82) is 0 Å². The van der Waals surface area contributed by atoms with Gasteiger partial charge in [0.25, 0.3) is 5.91 Å². The molecule has 3 aromatic heterocycles. The minimum atomic E-state index is -4.99. The van der Waals surface area contributed by atoms with Gasteiger partial charge in [0.2, 0.25) is 5.89 Å². The molecule has 4 aromatic rings. The molecule has 0 saturated heterocycles. The summed E-state index contributed by atoms with van der Waals surface area (Å²) in [4.78, 5) is 20.9. The predicted molar refractivity (Wildman–Crippen MR) is 104 cm³/mol. The summed E-state index contributed by atoms with van der Waals surface area (Å²) in [5.74, 6) is -0.647. The number of nitrogens with one attached hydrogen (secondary N) is 2. The Morgan fingerprint density at radius 3 is 2.74 bits per heavy atom. The van der Waals surface area contributed by atoms with Gasteiger partial charge in [-0.2, -0.15) is 18.3 Å². The van der Waals surface area contributed by atoms with Crippen LogP contribution in [0.25, 0.3) is 22.4 Å². The normalized spacial score (nSPS) is 13.9. The monoisotopic (exact) mass is 431 g/mol. The van der Waals surface area contributed by atoms with Crippen molar-refractivity contribution in [3.05, 3.63) is 59.9 Å². The van der Waals surface area contributed by atoms with Gasteiger partial charge < -0.3 is 14.8 Å². The van der Waals surface area contributed by atoms with Crippen LogP contribution < -0.4 is 5.32 Å². The van der Waals surface area contributed by atoms with Crippen molar-refractivity contribution in [2.24, 2.45) is 0 Å². The molecule has 1 unspecified atom stereocenters. The zero-order valence-electron chi connectivity index (χ0n) is 16.3. The van der Waals surface area contributed by atoms with E-state index in [0.29, 0.717) is 23.6 Å². The van der Waals surface area contributed by atoms with Crippen LogP contribution >= 0.6 is 0 Å². The van der Waals surface area contributed by atoms with Crippen LogP contribution in [0.1, 0.15) is 28.7 Å². The molecule has 31 heavy (non-hydrogen) atoms. The van der Waals surface area contributed by atoms with E-state index in [1.165, 1.54) is 12.3 Å². The smallest absolute Gasteiger partial charge is 0.421 e. The number of benzene rings is 1. The Labute approximate surface area is 173 Å². The molecule has 1 atom stereocenters. The van der Waals surface area contributed by atoms with Crippen molar-refractivity contribution in [1.82, 2.24) is 20.2 Å². The number of hydrogen-bond donors (Lipinski definition) is 3. The standard InChI is InChI=1S/C20H16F3N5O3/c1-10-5-11(3-4-24-10)18-27-16(9-31-18)17(29)26-15-6-12-8-25-28-14(12)7-13(15)19(2,30)20(21,22)23/h3-9,30H,1-2H3,(H,25,28)(H,26,29). The van der Waals surface area contributed by atoms with Crippen molar-refractivity contribution in [3.8, 4) is 11.5 Å². The summed E-state index contributed by atoms with van der Waals surface area (Å²) in [6.07, 6.45) is -0.883. The van der Waals surface area contributed by atoms with Gasteiger partial charge in [0.1, 0.15) is 6.26 Å². The number of anilines is 1. The van der Waals surface area contributed by atoms with Crippen molar-refractivity contribution in [3.63, 3.8) is 0 Å². The molecule has 0 bridgehead atoms. The van der Waals surface area contributed by atoms with E-state index in [-0.39, 0.29) is 22.8 Å². The molecule has 0 spiro atoms. The lowest BCUT2D eigenvalue weighted by atomic mass is 9.92. The number of pyridine rings is 1. The molecule has 3 heterocycles. The molecule has 0 aliphatic heterocycles. The molecule has 8 nitrogen and oxygen atoms in total. The lowest BCUT2D eigenvalue weighted by molar-refractivity contribution is -0.258. The highest BCUT2D eigenvalue weighted by Gasteiger charge is 2.52. The molecule has 0 saturated carbocycles. The maximum Gasteiger partial charge on any atom is 0.421 e. The fraction of sp³-hybridized carbons (Fsp3) is 0.200. The van der Waals surface area contributed by atoms with Crippen LogP contribution in [0.15, 0.2) is 47.3 Å². The minimum Gasteiger partial charge on any atom is -0.444 e. The third-order valence-corrected chi connectivity index (χ3v) is 4.78. The van der Waals surface area contributed by atoms with E-state index in [9.17, 15) is 23.1 Å². The number of aromatic amines is 1. The Morgan fingerprint density at radius 1 is 1.26 bits per heavy atom. The number of carbonyl (C=O) groups is 1. The van der Waals surface area contributed by atoms with Crippen LogP contribution in [-0.4, -0.2) is 37.4 Å². The van der Waals surface area contributed by atoms with Gasteiger partial charge >= 0.3 is 6.18 Å². The maximum absolute atomic E-state index is 13.5. The molecular formula is C20H16F3N5O3. The SMILES string of the molecule is Cc1cc(-c2nc(C(=O)Nc3cc4c[nH]nc4cc3C(C)(O)C(F)(F)F)co2)ccn1. The second-order valence-corrected chi connectivity index (χ2v) is 7.09. The highest BCUT2D eigenvalue weighted by atomic mass is 19.4. The number of aryl methyl sites for hydroxylation is 1. The van der Waals surface area contributed by atoms with Gasteiger partial charge in [0, 0.05) is 40.3 Å². The van der Waals surface area contributed by atoms with Gasteiger partial charge in [0.05, 0.1) is 5.52 Å². The Balaban J connectivity index is 1.70. The van der Waals surface area contributed by atoms with Gasteiger partial charge in [-0.05, 0) is 38.1 Å². The number of rotatable bonds is 4. The second kappa shape index (κ2) is 7.20. The van der Waals surface area contributed by atoms with Crippen LogP contribution in [-0.2, 0) is 5.60 Å². The van der Waals surface area contributed by atoms with E-state index in [1.807, 2.05) is 0 Å². The molecule has 3 N–H and O–H groups in total. The zero-order valence-corrected chi connectivity index (χ0v) is 16.3. The molecule has 4 rings (SSSR count). The quantitative estimate of drug-likeness (QED) is 0.451. The number of H-pyrrole nitrogens is 1. The number of amides is 1. The first kappa shape index (κ1) is 20.5. The number of alkyl halides is 3. The highest BCUT2D eigenvalue weighted by molar-refractivity contribution is 6.04. The van der Waals surface area contributed by atoms with Crippen molar-refractivity contribution >= 4 is 22.5 Å². The molecule has 0 radical (unpaired) electrons. The molecular weight excluding hydrogens is 415 g/mol. The summed E-state index contributed by atoms with van der Waals surface area (Å²) >= 11 is 0. The second-order valence-electron chi connectivity index (χ2n) is 7.09. The average Bonchev–Trinajstić information content (AvgIpc) is 3.35. The van der Waals surface area contributed by atoms with E-state index < -0.39 is 23.2 Å². The lowest BCUT2D eigenvalue weighted by Crippen LogP contribution is -2.40. The number of aromatic nitrogens is 4. The van der Waals surface area contributed by atoms with Gasteiger partial charge in [-0.15, -0.1) is 0 Å². The van der Waals surface area contributed by atoms with Gasteiger partial charge in [-0.1, -0.05) is 0 Å². The van der Waals surface area contributed by atoms with Gasteiger partial charge in [-0.25, -0.2) is 4.98 Å². The molecule has 0 fully saturated rings. The Kier molecular flexibility index (Phi) is 4.77. The highest BCUT2D eigenvalue weighted by Crippen LogP contribution is 2.42. The third kappa shape index (κ3) is 3.75. The van der Waals surface area contributed by atoms with Crippen LogP contribution in [0, 0.1) is 6.92 Å². The lowest BCUT2D eigenvalue weighted by Gasteiger charge is -2.28. The first-order valence-electron chi connectivity index (χ1n) is 9.03. The molecule has 11 heteroatoms. The van der Waals surface area contributed by atoms with Crippen LogP contribution in [0.3, 0.4) is 0 Å². The van der Waals surface area contributed by atoms with E-state index in [0.717, 1.165) is 12.3 Å². The first-order valence-corrected chi connectivity index (χ1v) is 9.03. The third-order valence-electron chi connectivity index (χ3n) is 4.78. The summed E-state index contributed by atoms with van der Waals surface area (Å²) in [6.45, 7) is 2.39. The zero-order chi connectivity index (χ0) is 22.4. The minimum absolute atomic E-state index is 0.144. The molecule has 160 valence electrons. The average molecular weight is 431 g/mol. The van der Waals surface area contributed by atoms with E-state index in [4.69, 9.17) is 4.42 Å². The van der Waals surface area contributed by atoms with Crippen LogP contribution in [0.2, 0.25) is 0 Å². The summed E-state index contributed by atoms with van der Waals surface area (Å²) in [5.41, 5.74) is -2.65. The number of oxazole rings is 1. The summed E-state index contributed by atoms with van der Waals surface area (Å²) in [7, 11) is 0. The summed E-state index contributed by atoms with van der Waals surface area (Å²) in [5, 5.41) is 19.4. The van der Waals surface area contributed by atoms with Crippen molar-refractivity contribution in [2.45, 2.75) is 25.6 Å². The Hall–Kier alpha value is -3.73. The van der Waals surface area contributed by atoms with Crippen LogP contribution in [0.5, 0.6) is 0 Å². The molecule has 0 aliphatic carbocycles. The van der Waals surface area contributed by atoms with Crippen LogP contribution in [0.4, 0.5) is 18.9 Å².